The Bertz CT molecular complexity index is 763. The number of rotatable bonds is 4. The molecule has 0 radical (unpaired) electrons. The Morgan fingerprint density at radius 3 is 2.83 bits per heavy atom. The van der Waals surface area contributed by atoms with Crippen LogP contribution in [-0.2, 0) is 9.47 Å². The monoisotopic (exact) mass is 367 g/mol. The first-order valence-electron chi connectivity index (χ1n) is 7.88. The van der Waals surface area contributed by atoms with E-state index in [1.165, 1.54) is 11.8 Å². The molecule has 2 aromatic rings. The number of aromatic amines is 1. The van der Waals surface area contributed by atoms with Crippen molar-refractivity contribution in [3.05, 3.63) is 28.8 Å². The second-order valence-corrected chi connectivity index (χ2v) is 6.64. The van der Waals surface area contributed by atoms with E-state index in [1.807, 2.05) is 31.4 Å². The minimum atomic E-state index is -0.318. The standard InChI is InChI=1S/C17H19ClN2O3S/c1-3-23-17(21)14-15(20-6-8-22-9-7-20)12-10-11(18)4-5-13(12)19-16(14)24-2/h4-5,10H,3,6-9H2,1-2H3/p+1. The highest BCUT2D eigenvalue weighted by atomic mass is 35.5. The summed E-state index contributed by atoms with van der Waals surface area (Å²) in [6.45, 7) is 4.88. The van der Waals surface area contributed by atoms with Crippen molar-refractivity contribution >= 4 is 45.9 Å². The van der Waals surface area contributed by atoms with Crippen molar-refractivity contribution in [3.63, 3.8) is 0 Å². The van der Waals surface area contributed by atoms with E-state index >= 15 is 0 Å². The second-order valence-electron chi connectivity index (χ2n) is 5.39. The molecule has 0 saturated carbocycles. The maximum Gasteiger partial charge on any atom is 0.347 e. The average Bonchev–Trinajstić information content (AvgIpc) is 2.61. The number of esters is 1. The van der Waals surface area contributed by atoms with Crippen molar-refractivity contribution in [1.82, 2.24) is 0 Å². The molecule has 0 atom stereocenters. The third-order valence-electron chi connectivity index (χ3n) is 3.96. The van der Waals surface area contributed by atoms with Crippen LogP contribution in [-0.4, -0.2) is 45.1 Å². The van der Waals surface area contributed by atoms with Crippen LogP contribution >= 0.6 is 23.4 Å². The van der Waals surface area contributed by atoms with E-state index in [0.29, 0.717) is 30.4 Å². The predicted molar refractivity (Wildman–Crippen MR) is 96.3 cm³/mol. The normalized spacial score (nSPS) is 14.9. The fraction of sp³-hybridized carbons (Fsp3) is 0.412. The summed E-state index contributed by atoms with van der Waals surface area (Å²) >= 11 is 7.72. The Morgan fingerprint density at radius 1 is 1.42 bits per heavy atom. The van der Waals surface area contributed by atoms with Crippen molar-refractivity contribution in [2.24, 2.45) is 0 Å². The number of anilines is 1. The maximum absolute atomic E-state index is 12.7. The largest absolute Gasteiger partial charge is 0.462 e. The van der Waals surface area contributed by atoms with Crippen molar-refractivity contribution < 1.29 is 19.3 Å². The lowest BCUT2D eigenvalue weighted by Crippen LogP contribution is -2.38. The van der Waals surface area contributed by atoms with Crippen LogP contribution in [0.1, 0.15) is 17.3 Å². The first-order valence-corrected chi connectivity index (χ1v) is 9.48. The van der Waals surface area contributed by atoms with Gasteiger partial charge in [0.1, 0.15) is 0 Å². The van der Waals surface area contributed by atoms with Gasteiger partial charge in [-0.1, -0.05) is 23.4 Å². The van der Waals surface area contributed by atoms with Crippen LogP contribution in [0.5, 0.6) is 0 Å². The van der Waals surface area contributed by atoms with Crippen molar-refractivity contribution in [2.75, 3.05) is 44.1 Å². The molecule has 1 saturated heterocycles. The lowest BCUT2D eigenvalue weighted by molar-refractivity contribution is -0.395. The highest BCUT2D eigenvalue weighted by Gasteiger charge is 2.30. The molecule has 5 nitrogen and oxygen atoms in total. The van der Waals surface area contributed by atoms with Crippen LogP contribution in [0, 0.1) is 0 Å². The molecule has 0 amide bonds. The van der Waals surface area contributed by atoms with E-state index in [1.54, 1.807) is 0 Å². The van der Waals surface area contributed by atoms with Gasteiger partial charge in [0.15, 0.2) is 5.56 Å². The Balaban J connectivity index is 2.29. The zero-order chi connectivity index (χ0) is 17.1. The minimum Gasteiger partial charge on any atom is -0.462 e. The summed E-state index contributed by atoms with van der Waals surface area (Å²) in [5, 5.41) is 2.35. The summed E-state index contributed by atoms with van der Waals surface area (Å²) in [6, 6.07) is 5.68. The number of nitrogens with one attached hydrogen (secondary N) is 1. The number of carbonyl (C=O) groups is 1. The molecule has 1 aromatic heterocycles. The number of benzene rings is 1. The molecule has 0 unspecified atom stereocenters. The Labute approximate surface area is 150 Å². The van der Waals surface area contributed by atoms with Crippen LogP contribution in [0.4, 0.5) is 5.69 Å². The van der Waals surface area contributed by atoms with Crippen LogP contribution < -0.4 is 9.88 Å². The first kappa shape index (κ1) is 17.3. The van der Waals surface area contributed by atoms with Gasteiger partial charge in [0, 0.05) is 24.2 Å². The van der Waals surface area contributed by atoms with Crippen molar-refractivity contribution in [2.45, 2.75) is 11.9 Å². The van der Waals surface area contributed by atoms with Gasteiger partial charge in [0.25, 0.3) is 5.03 Å². The summed E-state index contributed by atoms with van der Waals surface area (Å²) in [6.07, 6.45) is 1.94. The number of ether oxygens (including phenoxy) is 2. The van der Waals surface area contributed by atoms with Gasteiger partial charge in [-0.15, -0.1) is 0 Å². The number of carbonyl (C=O) groups excluding carboxylic acids is 1. The molecule has 7 heteroatoms. The van der Waals surface area contributed by atoms with Gasteiger partial charge < -0.3 is 14.4 Å². The molecule has 0 aliphatic carbocycles. The number of hydrogen-bond acceptors (Lipinski definition) is 5. The van der Waals surface area contributed by atoms with Gasteiger partial charge in [0.2, 0.25) is 5.52 Å². The maximum atomic E-state index is 12.7. The topological polar surface area (TPSA) is 52.9 Å². The van der Waals surface area contributed by atoms with E-state index in [-0.39, 0.29) is 5.97 Å². The number of pyridine rings is 1. The van der Waals surface area contributed by atoms with E-state index in [0.717, 1.165) is 34.7 Å². The second kappa shape index (κ2) is 7.59. The van der Waals surface area contributed by atoms with Gasteiger partial charge >= 0.3 is 5.97 Å². The number of nitrogens with zero attached hydrogens (tertiary/aromatic N) is 1. The van der Waals surface area contributed by atoms with E-state index in [9.17, 15) is 4.79 Å². The lowest BCUT2D eigenvalue weighted by Gasteiger charge is -2.30. The van der Waals surface area contributed by atoms with Gasteiger partial charge in [-0.3, -0.25) is 0 Å². The van der Waals surface area contributed by atoms with Gasteiger partial charge in [0.05, 0.1) is 30.9 Å². The summed E-state index contributed by atoms with van der Waals surface area (Å²) < 4.78 is 10.8. The average molecular weight is 368 g/mol. The quantitative estimate of drug-likeness (QED) is 0.614. The first-order chi connectivity index (χ1) is 11.7. The molecular formula is C17H20ClN2O3S+. The molecular weight excluding hydrogens is 348 g/mol. The van der Waals surface area contributed by atoms with Crippen LogP contribution in [0.15, 0.2) is 23.2 Å². The van der Waals surface area contributed by atoms with Gasteiger partial charge in [-0.2, -0.15) is 4.98 Å². The molecule has 1 fully saturated rings. The number of hydrogen-bond donors (Lipinski definition) is 0. The van der Waals surface area contributed by atoms with Crippen molar-refractivity contribution in [1.29, 1.82) is 0 Å². The fourth-order valence-corrected chi connectivity index (χ4v) is 3.68. The minimum absolute atomic E-state index is 0.318. The van der Waals surface area contributed by atoms with E-state index < -0.39 is 0 Å². The third-order valence-corrected chi connectivity index (χ3v) is 4.91. The number of thioether (sulfide) groups is 1. The molecule has 0 spiro atoms. The molecule has 1 aromatic carbocycles. The number of morpholine rings is 1. The predicted octanol–water partition coefficient (Wildman–Crippen LogP) is 3.04. The highest BCUT2D eigenvalue weighted by Crippen LogP contribution is 2.35. The molecule has 1 aliphatic heterocycles. The Hall–Kier alpha value is -1.50. The van der Waals surface area contributed by atoms with Crippen LogP contribution in [0.25, 0.3) is 10.9 Å². The summed E-state index contributed by atoms with van der Waals surface area (Å²) in [5.74, 6) is -0.318. The van der Waals surface area contributed by atoms with E-state index in [2.05, 4.69) is 9.88 Å². The number of fused-ring (bicyclic) bond motifs is 1. The molecule has 24 heavy (non-hydrogen) atoms. The third kappa shape index (κ3) is 3.31. The summed E-state index contributed by atoms with van der Waals surface area (Å²) in [4.78, 5) is 18.2. The van der Waals surface area contributed by atoms with Crippen LogP contribution in [0.3, 0.4) is 0 Å². The Kier molecular flexibility index (Phi) is 5.48. The van der Waals surface area contributed by atoms with E-state index in [4.69, 9.17) is 21.1 Å². The molecule has 1 aliphatic rings. The number of H-pyrrole nitrogens is 1. The highest BCUT2D eigenvalue weighted by molar-refractivity contribution is 7.98. The van der Waals surface area contributed by atoms with Crippen molar-refractivity contribution in [3.8, 4) is 0 Å². The Morgan fingerprint density at radius 2 is 2.17 bits per heavy atom. The molecule has 1 N–H and O–H groups in total. The summed E-state index contributed by atoms with van der Waals surface area (Å²) in [5.41, 5.74) is 2.39. The summed E-state index contributed by atoms with van der Waals surface area (Å²) in [7, 11) is 0. The fourth-order valence-electron chi connectivity index (χ4n) is 2.91. The smallest absolute Gasteiger partial charge is 0.347 e. The zero-order valence-electron chi connectivity index (χ0n) is 13.7. The SMILES string of the molecule is CCOC(=O)c1c(SC)[nH+]c2ccc(Cl)cc2c1N1CCOCC1. The van der Waals surface area contributed by atoms with Crippen LogP contribution in [0.2, 0.25) is 5.02 Å². The number of aromatic nitrogens is 1. The molecule has 128 valence electrons. The molecule has 0 bridgehead atoms. The molecule has 2 heterocycles. The van der Waals surface area contributed by atoms with Gasteiger partial charge in [-0.05, 0) is 25.3 Å². The zero-order valence-corrected chi connectivity index (χ0v) is 15.3. The number of halogens is 1. The lowest BCUT2D eigenvalue weighted by atomic mass is 10.1. The van der Waals surface area contributed by atoms with Gasteiger partial charge in [-0.25, -0.2) is 4.79 Å². The molecule has 3 rings (SSSR count).